The SMILES string of the molecule is Cc1ccc(C(N)=S)c(N2CCc3ccccc32)n1. The molecule has 0 atom stereocenters. The van der Waals surface area contributed by atoms with E-state index in [9.17, 15) is 0 Å². The summed E-state index contributed by atoms with van der Waals surface area (Å²) >= 11 is 5.14. The largest absolute Gasteiger partial charge is 0.389 e. The van der Waals surface area contributed by atoms with Crippen LogP contribution >= 0.6 is 12.2 Å². The van der Waals surface area contributed by atoms with Crippen molar-refractivity contribution in [1.82, 2.24) is 4.98 Å². The number of fused-ring (bicyclic) bond motifs is 1. The van der Waals surface area contributed by atoms with E-state index in [-0.39, 0.29) is 0 Å². The Balaban J connectivity index is 2.13. The van der Waals surface area contributed by atoms with Gasteiger partial charge in [-0.2, -0.15) is 0 Å². The number of pyridine rings is 1. The molecule has 1 aromatic carbocycles. The molecule has 2 N–H and O–H groups in total. The van der Waals surface area contributed by atoms with Crippen LogP contribution < -0.4 is 10.6 Å². The van der Waals surface area contributed by atoms with Crippen LogP contribution in [-0.4, -0.2) is 16.5 Å². The van der Waals surface area contributed by atoms with Crippen molar-refractivity contribution in [1.29, 1.82) is 0 Å². The Bertz CT molecular complexity index is 652. The maximum Gasteiger partial charge on any atom is 0.143 e. The molecule has 0 saturated heterocycles. The number of hydrogen-bond acceptors (Lipinski definition) is 3. The molecule has 0 amide bonds. The van der Waals surface area contributed by atoms with Crippen molar-refractivity contribution in [3.05, 3.63) is 53.2 Å². The maximum atomic E-state index is 5.82. The molecular formula is C15H15N3S. The Morgan fingerprint density at radius 2 is 2.05 bits per heavy atom. The molecule has 4 heteroatoms. The molecule has 3 nitrogen and oxygen atoms in total. The molecule has 96 valence electrons. The molecule has 0 unspecified atom stereocenters. The van der Waals surface area contributed by atoms with Crippen LogP contribution in [0.2, 0.25) is 0 Å². The third kappa shape index (κ3) is 2.08. The predicted octanol–water partition coefficient (Wildman–Crippen LogP) is 2.72. The van der Waals surface area contributed by atoms with E-state index in [1.165, 1.54) is 11.3 Å². The summed E-state index contributed by atoms with van der Waals surface area (Å²) in [6, 6.07) is 12.3. The van der Waals surface area contributed by atoms with E-state index in [4.69, 9.17) is 18.0 Å². The van der Waals surface area contributed by atoms with Gasteiger partial charge in [-0.15, -0.1) is 0 Å². The van der Waals surface area contributed by atoms with Gasteiger partial charge >= 0.3 is 0 Å². The van der Waals surface area contributed by atoms with Crippen LogP contribution in [0.3, 0.4) is 0 Å². The van der Waals surface area contributed by atoms with Crippen LogP contribution in [0, 0.1) is 6.92 Å². The summed E-state index contributed by atoms with van der Waals surface area (Å²) in [4.78, 5) is 7.23. The monoisotopic (exact) mass is 269 g/mol. The van der Waals surface area contributed by atoms with Gasteiger partial charge in [0.2, 0.25) is 0 Å². The summed E-state index contributed by atoms with van der Waals surface area (Å²) in [7, 11) is 0. The van der Waals surface area contributed by atoms with Crippen LogP contribution in [0.15, 0.2) is 36.4 Å². The normalized spacial score (nSPS) is 13.4. The summed E-state index contributed by atoms with van der Waals surface area (Å²) in [6.45, 7) is 2.90. The number of rotatable bonds is 2. The molecule has 0 radical (unpaired) electrons. The number of nitrogens with two attached hydrogens (primary N) is 1. The Hall–Kier alpha value is -1.94. The summed E-state index contributed by atoms with van der Waals surface area (Å²) in [5.41, 5.74) is 10.2. The van der Waals surface area contributed by atoms with Crippen LogP contribution in [-0.2, 0) is 6.42 Å². The van der Waals surface area contributed by atoms with Gasteiger partial charge in [0.15, 0.2) is 0 Å². The summed E-state index contributed by atoms with van der Waals surface area (Å²) in [6.07, 6.45) is 1.03. The van der Waals surface area contributed by atoms with Crippen molar-refractivity contribution in [2.75, 3.05) is 11.4 Å². The van der Waals surface area contributed by atoms with Crippen LogP contribution in [0.4, 0.5) is 11.5 Å². The number of benzene rings is 1. The molecular weight excluding hydrogens is 254 g/mol. The first-order valence-corrected chi connectivity index (χ1v) is 6.70. The van der Waals surface area contributed by atoms with E-state index in [0.29, 0.717) is 4.99 Å². The van der Waals surface area contributed by atoms with Crippen molar-refractivity contribution >= 4 is 28.7 Å². The fourth-order valence-electron chi connectivity index (χ4n) is 2.50. The number of thiocarbonyl (C=S) groups is 1. The molecule has 0 fully saturated rings. The Kier molecular flexibility index (Phi) is 2.95. The first-order chi connectivity index (χ1) is 9.16. The highest BCUT2D eigenvalue weighted by Gasteiger charge is 2.23. The molecule has 1 aliphatic rings. The van der Waals surface area contributed by atoms with E-state index in [2.05, 4.69) is 28.1 Å². The van der Waals surface area contributed by atoms with Crippen LogP contribution in [0.1, 0.15) is 16.8 Å². The number of hydrogen-bond donors (Lipinski definition) is 1. The second kappa shape index (κ2) is 4.63. The second-order valence-electron chi connectivity index (χ2n) is 4.72. The topological polar surface area (TPSA) is 42.1 Å². The lowest BCUT2D eigenvalue weighted by Crippen LogP contribution is -2.21. The molecule has 0 bridgehead atoms. The Morgan fingerprint density at radius 1 is 1.26 bits per heavy atom. The van der Waals surface area contributed by atoms with Gasteiger partial charge in [-0.1, -0.05) is 30.4 Å². The van der Waals surface area contributed by atoms with Gasteiger partial charge in [0.05, 0.1) is 5.56 Å². The van der Waals surface area contributed by atoms with Crippen molar-refractivity contribution in [2.24, 2.45) is 5.73 Å². The smallest absolute Gasteiger partial charge is 0.143 e. The minimum Gasteiger partial charge on any atom is -0.389 e. The minimum absolute atomic E-state index is 0.395. The fourth-order valence-corrected chi connectivity index (χ4v) is 2.66. The van der Waals surface area contributed by atoms with Crippen molar-refractivity contribution in [3.63, 3.8) is 0 Å². The highest BCUT2D eigenvalue weighted by Crippen LogP contribution is 2.34. The van der Waals surface area contributed by atoms with Gasteiger partial charge in [0.1, 0.15) is 10.8 Å². The molecule has 0 saturated carbocycles. The maximum absolute atomic E-state index is 5.82. The predicted molar refractivity (Wildman–Crippen MR) is 82.0 cm³/mol. The number of para-hydroxylation sites is 1. The molecule has 2 heterocycles. The van der Waals surface area contributed by atoms with Gasteiger partial charge < -0.3 is 10.6 Å². The number of aromatic nitrogens is 1. The molecule has 0 aliphatic carbocycles. The first-order valence-electron chi connectivity index (χ1n) is 6.30. The zero-order valence-corrected chi connectivity index (χ0v) is 11.6. The van der Waals surface area contributed by atoms with Gasteiger partial charge in [-0.3, -0.25) is 0 Å². The van der Waals surface area contributed by atoms with Gasteiger partial charge in [0, 0.05) is 17.9 Å². The molecule has 19 heavy (non-hydrogen) atoms. The lowest BCUT2D eigenvalue weighted by molar-refractivity contribution is 0.964. The molecule has 1 aromatic heterocycles. The van der Waals surface area contributed by atoms with Gasteiger partial charge in [0.25, 0.3) is 0 Å². The third-order valence-electron chi connectivity index (χ3n) is 3.42. The molecule has 1 aliphatic heterocycles. The average Bonchev–Trinajstić information content (AvgIpc) is 2.82. The fraction of sp³-hybridized carbons (Fsp3) is 0.200. The van der Waals surface area contributed by atoms with Crippen molar-refractivity contribution in [3.8, 4) is 0 Å². The first kappa shape index (κ1) is 12.1. The number of anilines is 2. The lowest BCUT2D eigenvalue weighted by atomic mass is 10.1. The van der Waals surface area contributed by atoms with E-state index < -0.39 is 0 Å². The highest BCUT2D eigenvalue weighted by molar-refractivity contribution is 7.80. The summed E-state index contributed by atoms with van der Waals surface area (Å²) in [5, 5.41) is 0. The zero-order chi connectivity index (χ0) is 13.4. The van der Waals surface area contributed by atoms with Crippen LogP contribution in [0.5, 0.6) is 0 Å². The molecule has 0 spiro atoms. The Morgan fingerprint density at radius 3 is 2.84 bits per heavy atom. The number of nitrogens with zero attached hydrogens (tertiary/aromatic N) is 2. The zero-order valence-electron chi connectivity index (χ0n) is 10.8. The standard InChI is InChI=1S/C15H15N3S/c1-10-6-7-12(14(16)19)15(17-10)18-9-8-11-4-2-3-5-13(11)18/h2-7H,8-9H2,1H3,(H2,16,19). The summed E-state index contributed by atoms with van der Waals surface area (Å²) < 4.78 is 0. The molecule has 3 rings (SSSR count). The highest BCUT2D eigenvalue weighted by atomic mass is 32.1. The van der Waals surface area contributed by atoms with Gasteiger partial charge in [-0.25, -0.2) is 4.98 Å². The van der Waals surface area contributed by atoms with Crippen LogP contribution in [0.25, 0.3) is 0 Å². The van der Waals surface area contributed by atoms with E-state index in [1.54, 1.807) is 0 Å². The Labute approximate surface area is 118 Å². The number of aryl methyl sites for hydroxylation is 1. The van der Waals surface area contributed by atoms with Gasteiger partial charge in [-0.05, 0) is 37.1 Å². The van der Waals surface area contributed by atoms with E-state index in [1.807, 2.05) is 25.1 Å². The summed E-state index contributed by atoms with van der Waals surface area (Å²) in [5.74, 6) is 0.873. The second-order valence-corrected chi connectivity index (χ2v) is 5.16. The van der Waals surface area contributed by atoms with E-state index >= 15 is 0 Å². The van der Waals surface area contributed by atoms with Crippen molar-refractivity contribution < 1.29 is 0 Å². The molecule has 2 aromatic rings. The third-order valence-corrected chi connectivity index (χ3v) is 3.64. The lowest BCUT2D eigenvalue weighted by Gasteiger charge is -2.21. The average molecular weight is 269 g/mol. The van der Waals surface area contributed by atoms with Crippen molar-refractivity contribution in [2.45, 2.75) is 13.3 Å². The quantitative estimate of drug-likeness (QED) is 0.851. The van der Waals surface area contributed by atoms with E-state index in [0.717, 1.165) is 30.0 Å². The minimum atomic E-state index is 0.395.